The number of hydrogen-bond acceptors (Lipinski definition) is 5. The molecule has 2 fully saturated rings. The summed E-state index contributed by atoms with van der Waals surface area (Å²) >= 11 is 0. The summed E-state index contributed by atoms with van der Waals surface area (Å²) in [7, 11) is 0. The maximum atomic E-state index is 12.2. The van der Waals surface area contributed by atoms with Gasteiger partial charge in [0.2, 0.25) is 0 Å². The number of aromatic amines is 1. The molecule has 1 saturated heterocycles. The third-order valence-electron chi connectivity index (χ3n) is 5.25. The molecule has 1 saturated carbocycles. The van der Waals surface area contributed by atoms with Crippen LogP contribution < -0.4 is 4.90 Å². The van der Waals surface area contributed by atoms with E-state index in [1.54, 1.807) is 12.5 Å². The number of rotatable bonds is 4. The number of esters is 1. The summed E-state index contributed by atoms with van der Waals surface area (Å²) in [6.07, 6.45) is 5.77. The van der Waals surface area contributed by atoms with Crippen LogP contribution in [-0.2, 0) is 4.74 Å². The largest absolute Gasteiger partial charge is 0.462 e. The van der Waals surface area contributed by atoms with Crippen molar-refractivity contribution in [3.8, 4) is 0 Å². The fourth-order valence-corrected chi connectivity index (χ4v) is 3.86. The Morgan fingerprint density at radius 2 is 2.36 bits per heavy atom. The number of carbonyl (C=O) groups excluding carboxylic acids is 1. The van der Waals surface area contributed by atoms with Crippen molar-refractivity contribution in [3.63, 3.8) is 0 Å². The minimum absolute atomic E-state index is 0.320. The Bertz CT molecular complexity index is 737. The van der Waals surface area contributed by atoms with Gasteiger partial charge in [0.1, 0.15) is 17.8 Å². The molecular formula is C16H20N4O2. The molecule has 0 spiro atoms. The number of fused-ring (bicyclic) bond motifs is 2. The standard InChI is InChI=1S/C16H20N4O2/c1-3-16-5-10(16)7-20(8-16)14-12-11(15(21)22-4-2)6-17-13(12)18-9-19-14/h6,9-10H,3-5,7-8H2,1-2H3,(H,17,18,19). The zero-order valence-corrected chi connectivity index (χ0v) is 12.9. The van der Waals surface area contributed by atoms with E-state index in [0.29, 0.717) is 23.2 Å². The average molecular weight is 300 g/mol. The minimum Gasteiger partial charge on any atom is -0.462 e. The van der Waals surface area contributed by atoms with Crippen LogP contribution in [0.15, 0.2) is 12.5 Å². The number of nitrogens with zero attached hydrogens (tertiary/aromatic N) is 3. The topological polar surface area (TPSA) is 71.1 Å². The molecule has 2 aliphatic rings. The van der Waals surface area contributed by atoms with Crippen molar-refractivity contribution < 1.29 is 9.53 Å². The third-order valence-corrected chi connectivity index (χ3v) is 5.25. The van der Waals surface area contributed by atoms with Crippen LogP contribution in [0.25, 0.3) is 11.0 Å². The van der Waals surface area contributed by atoms with Gasteiger partial charge in [-0.2, -0.15) is 0 Å². The lowest BCUT2D eigenvalue weighted by molar-refractivity contribution is 0.0528. The highest BCUT2D eigenvalue weighted by Crippen LogP contribution is 2.60. The lowest BCUT2D eigenvalue weighted by atomic mass is 10.0. The zero-order valence-electron chi connectivity index (χ0n) is 12.9. The van der Waals surface area contributed by atoms with E-state index in [1.807, 2.05) is 6.92 Å². The summed E-state index contributed by atoms with van der Waals surface area (Å²) in [6.45, 7) is 6.48. The van der Waals surface area contributed by atoms with Gasteiger partial charge in [0.25, 0.3) is 0 Å². The van der Waals surface area contributed by atoms with Crippen LogP contribution in [0.4, 0.5) is 5.82 Å². The van der Waals surface area contributed by atoms with E-state index in [1.165, 1.54) is 12.8 Å². The number of carbonyl (C=O) groups is 1. The van der Waals surface area contributed by atoms with E-state index in [2.05, 4.69) is 26.8 Å². The molecule has 116 valence electrons. The summed E-state index contributed by atoms with van der Waals surface area (Å²) < 4.78 is 5.15. The zero-order chi connectivity index (χ0) is 15.3. The Labute approximate surface area is 128 Å². The molecule has 1 aliphatic heterocycles. The monoisotopic (exact) mass is 300 g/mol. The normalized spacial score (nSPS) is 26.3. The van der Waals surface area contributed by atoms with Gasteiger partial charge < -0.3 is 14.6 Å². The van der Waals surface area contributed by atoms with Crippen LogP contribution in [-0.4, -0.2) is 40.6 Å². The first-order chi connectivity index (χ1) is 10.7. The van der Waals surface area contributed by atoms with Crippen molar-refractivity contribution >= 4 is 22.8 Å². The van der Waals surface area contributed by atoms with Crippen molar-refractivity contribution in [2.24, 2.45) is 11.3 Å². The molecule has 3 heterocycles. The quantitative estimate of drug-likeness (QED) is 0.878. The Hall–Kier alpha value is -2.11. The summed E-state index contributed by atoms with van der Waals surface area (Å²) in [5.41, 5.74) is 1.69. The lowest BCUT2D eigenvalue weighted by Gasteiger charge is -2.22. The van der Waals surface area contributed by atoms with E-state index in [-0.39, 0.29) is 5.97 Å². The third kappa shape index (κ3) is 1.82. The SMILES string of the molecule is CCOC(=O)c1c[nH]c2ncnc(N3CC4CC4(CC)C3)c12. The molecule has 2 aromatic rings. The molecule has 0 aromatic carbocycles. The molecule has 2 unspecified atom stereocenters. The van der Waals surface area contributed by atoms with Crippen LogP contribution in [0.1, 0.15) is 37.0 Å². The fourth-order valence-electron chi connectivity index (χ4n) is 3.86. The van der Waals surface area contributed by atoms with Crippen molar-refractivity contribution in [2.75, 3.05) is 24.6 Å². The van der Waals surface area contributed by atoms with Crippen LogP contribution in [0.2, 0.25) is 0 Å². The summed E-state index contributed by atoms with van der Waals surface area (Å²) in [5.74, 6) is 1.31. The summed E-state index contributed by atoms with van der Waals surface area (Å²) in [6, 6.07) is 0. The maximum Gasteiger partial charge on any atom is 0.340 e. The van der Waals surface area contributed by atoms with Crippen molar-refractivity contribution in [1.29, 1.82) is 0 Å². The molecule has 4 rings (SSSR count). The number of nitrogens with one attached hydrogen (secondary N) is 1. The molecule has 0 radical (unpaired) electrons. The van der Waals surface area contributed by atoms with E-state index in [4.69, 9.17) is 4.74 Å². The minimum atomic E-state index is -0.320. The molecule has 2 atom stereocenters. The average Bonchev–Trinajstić information content (AvgIpc) is 2.90. The van der Waals surface area contributed by atoms with E-state index >= 15 is 0 Å². The number of H-pyrrole nitrogens is 1. The van der Waals surface area contributed by atoms with Gasteiger partial charge >= 0.3 is 5.97 Å². The van der Waals surface area contributed by atoms with Crippen molar-refractivity contribution in [3.05, 3.63) is 18.1 Å². The predicted octanol–water partition coefficient (Wildman–Crippen LogP) is 2.37. The molecule has 6 heteroatoms. The van der Waals surface area contributed by atoms with Gasteiger partial charge in [0.15, 0.2) is 0 Å². The predicted molar refractivity (Wildman–Crippen MR) is 82.9 cm³/mol. The molecule has 2 aromatic heterocycles. The van der Waals surface area contributed by atoms with Gasteiger partial charge in [-0.1, -0.05) is 6.92 Å². The molecule has 22 heavy (non-hydrogen) atoms. The number of hydrogen-bond donors (Lipinski definition) is 1. The van der Waals surface area contributed by atoms with Gasteiger partial charge in [-0.05, 0) is 31.1 Å². The molecular weight excluding hydrogens is 280 g/mol. The number of anilines is 1. The highest BCUT2D eigenvalue weighted by Gasteiger charge is 2.58. The first-order valence-corrected chi connectivity index (χ1v) is 7.92. The van der Waals surface area contributed by atoms with Gasteiger partial charge in [-0.3, -0.25) is 0 Å². The maximum absolute atomic E-state index is 12.2. The van der Waals surface area contributed by atoms with Crippen LogP contribution in [0.3, 0.4) is 0 Å². The number of piperidine rings is 1. The number of aromatic nitrogens is 3. The van der Waals surface area contributed by atoms with Crippen LogP contribution >= 0.6 is 0 Å². The summed E-state index contributed by atoms with van der Waals surface area (Å²) in [4.78, 5) is 26.2. The van der Waals surface area contributed by atoms with E-state index < -0.39 is 0 Å². The highest BCUT2D eigenvalue weighted by molar-refractivity contribution is 6.07. The smallest absolute Gasteiger partial charge is 0.340 e. The Kier molecular flexibility index (Phi) is 2.89. The van der Waals surface area contributed by atoms with Gasteiger partial charge in [-0.15, -0.1) is 0 Å². The highest BCUT2D eigenvalue weighted by atomic mass is 16.5. The summed E-state index contributed by atoms with van der Waals surface area (Å²) in [5, 5.41) is 0.786. The lowest BCUT2D eigenvalue weighted by Crippen LogP contribution is -2.26. The van der Waals surface area contributed by atoms with E-state index in [9.17, 15) is 4.79 Å². The second-order valence-electron chi connectivity index (χ2n) is 6.34. The van der Waals surface area contributed by atoms with Gasteiger partial charge in [-0.25, -0.2) is 14.8 Å². The molecule has 1 N–H and O–H groups in total. The van der Waals surface area contributed by atoms with Gasteiger partial charge in [0, 0.05) is 19.3 Å². The molecule has 0 amide bonds. The Morgan fingerprint density at radius 1 is 1.50 bits per heavy atom. The second-order valence-corrected chi connectivity index (χ2v) is 6.34. The van der Waals surface area contributed by atoms with Crippen LogP contribution in [0, 0.1) is 11.3 Å². The Morgan fingerprint density at radius 3 is 3.09 bits per heavy atom. The number of ether oxygens (including phenoxy) is 1. The van der Waals surface area contributed by atoms with E-state index in [0.717, 1.165) is 30.2 Å². The molecule has 6 nitrogen and oxygen atoms in total. The fraction of sp³-hybridized carbons (Fsp3) is 0.562. The van der Waals surface area contributed by atoms with Crippen molar-refractivity contribution in [2.45, 2.75) is 26.7 Å². The Balaban J connectivity index is 1.75. The first-order valence-electron chi connectivity index (χ1n) is 7.92. The first kappa shape index (κ1) is 13.5. The van der Waals surface area contributed by atoms with Crippen molar-refractivity contribution in [1.82, 2.24) is 15.0 Å². The van der Waals surface area contributed by atoms with Gasteiger partial charge in [0.05, 0.1) is 17.6 Å². The molecule has 0 bridgehead atoms. The second kappa shape index (κ2) is 4.69. The molecule has 1 aliphatic carbocycles. The van der Waals surface area contributed by atoms with Crippen LogP contribution in [0.5, 0.6) is 0 Å².